The summed E-state index contributed by atoms with van der Waals surface area (Å²) in [5.41, 5.74) is 4.69. The van der Waals surface area contributed by atoms with E-state index in [1.807, 2.05) is 6.07 Å². The van der Waals surface area contributed by atoms with Crippen LogP contribution in [0.2, 0.25) is 0 Å². The maximum atomic E-state index is 13.8. The summed E-state index contributed by atoms with van der Waals surface area (Å²) in [7, 11) is 0. The monoisotopic (exact) mass is 333 g/mol. The van der Waals surface area contributed by atoms with E-state index in [0.717, 1.165) is 23.0 Å². The molecular weight excluding hydrogens is 317 g/mol. The molecule has 0 unspecified atom stereocenters. The van der Waals surface area contributed by atoms with E-state index < -0.39 is 0 Å². The van der Waals surface area contributed by atoms with Gasteiger partial charge in [-0.3, -0.25) is 0 Å². The molecule has 1 aliphatic carbocycles. The van der Waals surface area contributed by atoms with Gasteiger partial charge in [0.2, 0.25) is 0 Å². The van der Waals surface area contributed by atoms with Gasteiger partial charge in [-0.2, -0.15) is 0 Å². The molecule has 104 valence electrons. The van der Waals surface area contributed by atoms with Crippen LogP contribution < -0.4 is 5.32 Å². The Balaban J connectivity index is 1.80. The number of nitrogens with one attached hydrogen (secondary N) is 1. The normalized spacial score (nSPS) is 13.9. The second-order valence-electron chi connectivity index (χ2n) is 5.24. The highest BCUT2D eigenvalue weighted by atomic mass is 79.9. The molecule has 1 N–H and O–H groups in total. The summed E-state index contributed by atoms with van der Waals surface area (Å²) in [6, 6.07) is 11.5. The topological polar surface area (TPSA) is 12.0 Å². The van der Waals surface area contributed by atoms with E-state index in [1.165, 1.54) is 30.0 Å². The number of benzene rings is 2. The summed E-state index contributed by atoms with van der Waals surface area (Å²) in [6.45, 7) is 0.516. The van der Waals surface area contributed by atoms with E-state index in [-0.39, 0.29) is 5.82 Å². The summed E-state index contributed by atoms with van der Waals surface area (Å²) < 4.78 is 14.7. The summed E-state index contributed by atoms with van der Waals surface area (Å²) in [6.07, 6.45) is 4.81. The van der Waals surface area contributed by atoms with Crippen molar-refractivity contribution in [1.82, 2.24) is 0 Å². The lowest BCUT2D eigenvalue weighted by Crippen LogP contribution is -2.09. The van der Waals surface area contributed by atoms with Gasteiger partial charge in [0.15, 0.2) is 0 Å². The molecule has 0 aromatic heterocycles. The molecule has 0 saturated carbocycles. The number of anilines is 1. The molecule has 0 bridgehead atoms. The molecule has 0 aliphatic heterocycles. The fourth-order valence-corrected chi connectivity index (χ4v) is 3.22. The minimum absolute atomic E-state index is 0.162. The second-order valence-corrected chi connectivity index (χ2v) is 6.16. The molecule has 1 aliphatic rings. The fraction of sp³-hybridized carbons (Fsp3) is 0.294. The molecule has 1 nitrogen and oxygen atoms in total. The first-order valence-electron chi connectivity index (χ1n) is 7.02. The van der Waals surface area contributed by atoms with Gasteiger partial charge in [0, 0.05) is 22.3 Å². The van der Waals surface area contributed by atoms with Crippen LogP contribution in [0.5, 0.6) is 0 Å². The second kappa shape index (κ2) is 5.96. The van der Waals surface area contributed by atoms with Crippen LogP contribution in [0.4, 0.5) is 10.1 Å². The van der Waals surface area contributed by atoms with E-state index in [4.69, 9.17) is 0 Å². The Bertz CT molecular complexity index is 624. The Hall–Kier alpha value is -1.35. The Labute approximate surface area is 127 Å². The van der Waals surface area contributed by atoms with Gasteiger partial charge in [0.1, 0.15) is 5.82 Å². The highest BCUT2D eigenvalue weighted by Gasteiger charge is 2.13. The third-order valence-electron chi connectivity index (χ3n) is 3.87. The molecular formula is C17H17BrFN. The van der Waals surface area contributed by atoms with E-state index in [1.54, 1.807) is 6.07 Å². The van der Waals surface area contributed by atoms with E-state index >= 15 is 0 Å². The zero-order chi connectivity index (χ0) is 13.9. The van der Waals surface area contributed by atoms with Crippen LogP contribution in [0.15, 0.2) is 40.9 Å². The number of halogens is 2. The van der Waals surface area contributed by atoms with Gasteiger partial charge in [-0.25, -0.2) is 4.39 Å². The molecule has 0 atom stereocenters. The van der Waals surface area contributed by atoms with Crippen molar-refractivity contribution in [1.29, 1.82) is 0 Å². The van der Waals surface area contributed by atoms with Crippen molar-refractivity contribution < 1.29 is 4.39 Å². The molecule has 3 heteroatoms. The van der Waals surface area contributed by atoms with Crippen molar-refractivity contribution in [3.8, 4) is 0 Å². The summed E-state index contributed by atoms with van der Waals surface area (Å²) in [5.74, 6) is -0.162. The van der Waals surface area contributed by atoms with Gasteiger partial charge < -0.3 is 5.32 Å². The Morgan fingerprint density at radius 1 is 1.10 bits per heavy atom. The van der Waals surface area contributed by atoms with Gasteiger partial charge in [0.25, 0.3) is 0 Å². The summed E-state index contributed by atoms with van der Waals surface area (Å²) in [4.78, 5) is 0. The Morgan fingerprint density at radius 2 is 1.95 bits per heavy atom. The van der Waals surface area contributed by atoms with Crippen LogP contribution in [0, 0.1) is 5.82 Å². The Kier molecular flexibility index (Phi) is 4.06. The molecule has 2 aromatic carbocycles. The van der Waals surface area contributed by atoms with Crippen LogP contribution in [0.1, 0.15) is 29.5 Å². The number of aryl methyl sites for hydroxylation is 1. The van der Waals surface area contributed by atoms with Gasteiger partial charge >= 0.3 is 0 Å². The standard InChI is InChI=1S/C17H17BrFN/c18-14-8-9-16(19)13(10-14)11-20-17-7-3-5-12-4-1-2-6-15(12)17/h3,5,7-10,20H,1-2,4,6,11H2. The van der Waals surface area contributed by atoms with E-state index in [2.05, 4.69) is 39.4 Å². The molecule has 2 aromatic rings. The zero-order valence-electron chi connectivity index (χ0n) is 11.3. The van der Waals surface area contributed by atoms with Crippen molar-refractivity contribution >= 4 is 21.6 Å². The van der Waals surface area contributed by atoms with Gasteiger partial charge in [-0.05, 0) is 61.1 Å². The summed E-state index contributed by atoms with van der Waals surface area (Å²) in [5, 5.41) is 3.40. The lowest BCUT2D eigenvalue weighted by molar-refractivity contribution is 0.612. The average molecular weight is 334 g/mol. The maximum Gasteiger partial charge on any atom is 0.128 e. The first kappa shape index (κ1) is 13.6. The molecule has 0 amide bonds. The van der Waals surface area contributed by atoms with Crippen LogP contribution in [0.25, 0.3) is 0 Å². The maximum absolute atomic E-state index is 13.8. The number of hydrogen-bond donors (Lipinski definition) is 1. The number of hydrogen-bond acceptors (Lipinski definition) is 1. The quantitative estimate of drug-likeness (QED) is 0.825. The van der Waals surface area contributed by atoms with Crippen molar-refractivity contribution in [2.75, 3.05) is 5.32 Å². The average Bonchev–Trinajstić information content (AvgIpc) is 2.48. The van der Waals surface area contributed by atoms with E-state index in [0.29, 0.717) is 12.1 Å². The first-order chi connectivity index (χ1) is 9.74. The third kappa shape index (κ3) is 2.88. The van der Waals surface area contributed by atoms with Gasteiger partial charge in [-0.1, -0.05) is 28.1 Å². The van der Waals surface area contributed by atoms with Gasteiger partial charge in [-0.15, -0.1) is 0 Å². The fourth-order valence-electron chi connectivity index (χ4n) is 2.82. The van der Waals surface area contributed by atoms with E-state index in [9.17, 15) is 4.39 Å². The molecule has 20 heavy (non-hydrogen) atoms. The number of fused-ring (bicyclic) bond motifs is 1. The summed E-state index contributed by atoms with van der Waals surface area (Å²) >= 11 is 3.39. The Morgan fingerprint density at radius 3 is 2.85 bits per heavy atom. The first-order valence-corrected chi connectivity index (χ1v) is 7.82. The van der Waals surface area contributed by atoms with Crippen LogP contribution in [0.3, 0.4) is 0 Å². The van der Waals surface area contributed by atoms with Crippen molar-refractivity contribution in [3.63, 3.8) is 0 Å². The SMILES string of the molecule is Fc1ccc(Br)cc1CNc1cccc2c1CCCC2. The van der Waals surface area contributed by atoms with Crippen LogP contribution in [-0.2, 0) is 19.4 Å². The predicted octanol–water partition coefficient (Wildman–Crippen LogP) is 5.08. The zero-order valence-corrected chi connectivity index (χ0v) is 12.8. The molecule has 0 heterocycles. The van der Waals surface area contributed by atoms with Crippen LogP contribution in [-0.4, -0.2) is 0 Å². The number of rotatable bonds is 3. The molecule has 0 spiro atoms. The lowest BCUT2D eigenvalue weighted by Gasteiger charge is -2.20. The third-order valence-corrected chi connectivity index (χ3v) is 4.37. The largest absolute Gasteiger partial charge is 0.381 e. The lowest BCUT2D eigenvalue weighted by atomic mass is 9.90. The van der Waals surface area contributed by atoms with Gasteiger partial charge in [0.05, 0.1) is 0 Å². The van der Waals surface area contributed by atoms with Crippen molar-refractivity contribution in [2.45, 2.75) is 32.2 Å². The smallest absolute Gasteiger partial charge is 0.128 e. The van der Waals surface area contributed by atoms with Crippen molar-refractivity contribution in [2.24, 2.45) is 0 Å². The molecule has 0 fully saturated rings. The molecule has 0 saturated heterocycles. The molecule has 3 rings (SSSR count). The minimum atomic E-state index is -0.162. The van der Waals surface area contributed by atoms with Crippen molar-refractivity contribution in [3.05, 3.63) is 63.4 Å². The minimum Gasteiger partial charge on any atom is -0.381 e. The molecule has 0 radical (unpaired) electrons. The highest BCUT2D eigenvalue weighted by molar-refractivity contribution is 9.10. The highest BCUT2D eigenvalue weighted by Crippen LogP contribution is 2.28. The predicted molar refractivity (Wildman–Crippen MR) is 84.5 cm³/mol. The van der Waals surface area contributed by atoms with Crippen LogP contribution >= 0.6 is 15.9 Å².